The molecule has 1 heterocycles. The summed E-state index contributed by atoms with van der Waals surface area (Å²) in [6.45, 7) is 6.99. The summed E-state index contributed by atoms with van der Waals surface area (Å²) in [6, 6.07) is 13.2. The zero-order valence-electron chi connectivity index (χ0n) is 20.0. The fraction of sp³-hybridized carbons (Fsp3) is 0.333. The SMILES string of the molecule is Cc1ccc(C(C)C)c(N2C(=O)CSC2=NC(=O)Nc2ccc(CC[NH3+])cc2)c1.O=C([O-])C(F)(F)F. The van der Waals surface area contributed by atoms with Crippen LogP contribution >= 0.6 is 11.8 Å². The molecule has 2 aromatic carbocycles. The zero-order valence-corrected chi connectivity index (χ0v) is 20.8. The van der Waals surface area contributed by atoms with E-state index in [-0.39, 0.29) is 17.6 Å². The summed E-state index contributed by atoms with van der Waals surface area (Å²) >= 11 is 1.29. The number of amidine groups is 1. The van der Waals surface area contributed by atoms with Crippen molar-refractivity contribution in [2.24, 2.45) is 4.99 Å². The number of quaternary nitrogens is 1. The maximum atomic E-state index is 12.6. The second-order valence-electron chi connectivity index (χ2n) is 8.15. The Kier molecular flexibility index (Phi) is 10.1. The summed E-state index contributed by atoms with van der Waals surface area (Å²) in [4.78, 5) is 39.6. The van der Waals surface area contributed by atoms with Crippen LogP contribution in [0, 0.1) is 6.92 Å². The van der Waals surface area contributed by atoms with E-state index in [2.05, 4.69) is 29.9 Å². The largest absolute Gasteiger partial charge is 0.542 e. The second kappa shape index (κ2) is 12.5. The number of aliphatic imine (C=N–C) groups is 1. The predicted molar refractivity (Wildman–Crippen MR) is 131 cm³/mol. The lowest BCUT2D eigenvalue weighted by molar-refractivity contribution is -0.366. The summed E-state index contributed by atoms with van der Waals surface area (Å²) in [5, 5.41) is 12.0. The molecule has 0 aromatic heterocycles. The molecule has 2 aromatic rings. The van der Waals surface area contributed by atoms with E-state index in [1.165, 1.54) is 17.3 Å². The van der Waals surface area contributed by atoms with Gasteiger partial charge in [0.2, 0.25) is 5.91 Å². The monoisotopic (exact) mass is 524 g/mol. The number of aliphatic carboxylic acids is 1. The molecule has 1 aliphatic rings. The molecule has 0 bridgehead atoms. The topological polar surface area (TPSA) is 130 Å². The van der Waals surface area contributed by atoms with Crippen molar-refractivity contribution in [3.63, 3.8) is 0 Å². The molecule has 12 heteroatoms. The molecule has 3 rings (SSSR count). The van der Waals surface area contributed by atoms with Crippen LogP contribution in [-0.4, -0.2) is 41.5 Å². The Morgan fingerprint density at radius 1 is 1.19 bits per heavy atom. The fourth-order valence-electron chi connectivity index (χ4n) is 3.21. The molecule has 36 heavy (non-hydrogen) atoms. The Labute approximate surface area is 210 Å². The van der Waals surface area contributed by atoms with Gasteiger partial charge < -0.3 is 21.0 Å². The van der Waals surface area contributed by atoms with Crippen molar-refractivity contribution in [2.45, 2.75) is 39.3 Å². The quantitative estimate of drug-likeness (QED) is 0.621. The lowest BCUT2D eigenvalue weighted by atomic mass is 9.99. The van der Waals surface area contributed by atoms with Crippen molar-refractivity contribution < 1.29 is 38.4 Å². The Bertz CT molecular complexity index is 1140. The minimum atomic E-state index is -5.19. The van der Waals surface area contributed by atoms with Crippen molar-refractivity contribution in [3.8, 4) is 0 Å². The lowest BCUT2D eigenvalue weighted by Crippen LogP contribution is -2.51. The summed E-state index contributed by atoms with van der Waals surface area (Å²) in [5.41, 5.74) is 8.61. The van der Waals surface area contributed by atoms with Crippen molar-refractivity contribution in [3.05, 3.63) is 59.2 Å². The maximum Gasteiger partial charge on any atom is 0.430 e. The fourth-order valence-corrected chi connectivity index (χ4v) is 4.07. The van der Waals surface area contributed by atoms with Gasteiger partial charge >= 0.3 is 12.2 Å². The number of carbonyl (C=O) groups excluding carboxylic acids is 3. The molecule has 0 spiro atoms. The van der Waals surface area contributed by atoms with Gasteiger partial charge in [0.05, 0.1) is 18.0 Å². The molecule has 8 nitrogen and oxygen atoms in total. The van der Waals surface area contributed by atoms with Gasteiger partial charge in [-0.2, -0.15) is 18.2 Å². The van der Waals surface area contributed by atoms with Crippen molar-refractivity contribution in [2.75, 3.05) is 22.5 Å². The number of carboxylic acid groups (broad SMARTS) is 1. The number of halogens is 3. The third-order valence-corrected chi connectivity index (χ3v) is 5.84. The molecule has 0 radical (unpaired) electrons. The van der Waals surface area contributed by atoms with Gasteiger partial charge in [-0.25, -0.2) is 4.79 Å². The Hall–Kier alpha value is -3.38. The number of benzene rings is 2. The van der Waals surface area contributed by atoms with Gasteiger partial charge in [-0.3, -0.25) is 9.69 Å². The molecule has 194 valence electrons. The van der Waals surface area contributed by atoms with Gasteiger partial charge in [-0.15, -0.1) is 0 Å². The van der Waals surface area contributed by atoms with Gasteiger partial charge in [0, 0.05) is 12.1 Å². The standard InChI is InChI=1S/C22H26N4O2S.C2HF3O2/c1-14(2)18-9-4-15(3)12-19(18)26-20(27)13-29-22(26)25-21(28)24-17-7-5-16(6-8-17)10-11-23;3-2(4,5)1(6)7/h4-9,12,14H,10-11,13,23H2,1-3H3,(H,24,28);(H,6,7). The van der Waals surface area contributed by atoms with E-state index >= 15 is 0 Å². The van der Waals surface area contributed by atoms with E-state index in [4.69, 9.17) is 9.90 Å². The van der Waals surface area contributed by atoms with E-state index in [0.717, 1.165) is 29.8 Å². The van der Waals surface area contributed by atoms with Gasteiger partial charge in [-0.05, 0) is 47.7 Å². The number of urea groups is 1. The third kappa shape index (κ3) is 8.09. The summed E-state index contributed by atoms with van der Waals surface area (Å²) in [7, 11) is 0. The van der Waals surface area contributed by atoms with Gasteiger partial charge in [0.15, 0.2) is 5.17 Å². The van der Waals surface area contributed by atoms with Crippen LogP contribution in [0.1, 0.15) is 36.5 Å². The Morgan fingerprint density at radius 3 is 2.33 bits per heavy atom. The predicted octanol–water partition coefficient (Wildman–Crippen LogP) is 2.87. The first-order valence-corrected chi connectivity index (χ1v) is 11.9. The normalized spacial score (nSPS) is 14.6. The zero-order chi connectivity index (χ0) is 27.0. The number of hydrogen-bond acceptors (Lipinski definition) is 5. The number of nitrogens with one attached hydrogen (secondary N) is 1. The molecule has 0 unspecified atom stereocenters. The average Bonchev–Trinajstić information content (AvgIpc) is 3.14. The number of amides is 3. The van der Waals surface area contributed by atoms with Crippen LogP contribution < -0.4 is 21.1 Å². The molecular weight excluding hydrogens is 497 g/mol. The molecule has 4 N–H and O–H groups in total. The number of alkyl halides is 3. The van der Waals surface area contributed by atoms with E-state index in [9.17, 15) is 22.8 Å². The number of carboxylic acids is 1. The molecule has 0 aliphatic carbocycles. The third-order valence-electron chi connectivity index (χ3n) is 4.91. The highest BCUT2D eigenvalue weighted by Crippen LogP contribution is 2.34. The molecule has 1 saturated heterocycles. The Balaban J connectivity index is 0.000000572. The van der Waals surface area contributed by atoms with Crippen molar-refractivity contribution in [1.29, 1.82) is 0 Å². The van der Waals surface area contributed by atoms with Crippen molar-refractivity contribution >= 4 is 46.2 Å². The first-order chi connectivity index (χ1) is 16.8. The maximum absolute atomic E-state index is 12.6. The van der Waals surface area contributed by atoms with Crippen LogP contribution in [0.5, 0.6) is 0 Å². The first kappa shape index (κ1) is 28.9. The minimum absolute atomic E-state index is 0.0634. The van der Waals surface area contributed by atoms with E-state index in [1.54, 1.807) is 4.90 Å². The Morgan fingerprint density at radius 2 is 1.81 bits per heavy atom. The number of rotatable bonds is 5. The number of anilines is 2. The van der Waals surface area contributed by atoms with Crippen LogP contribution in [0.4, 0.5) is 29.3 Å². The number of nitrogens with zero attached hydrogens (tertiary/aromatic N) is 2. The number of aryl methyl sites for hydroxylation is 1. The second-order valence-corrected chi connectivity index (χ2v) is 9.09. The van der Waals surface area contributed by atoms with Crippen LogP contribution in [-0.2, 0) is 16.0 Å². The van der Waals surface area contributed by atoms with Crippen molar-refractivity contribution in [1.82, 2.24) is 0 Å². The van der Waals surface area contributed by atoms with E-state index in [0.29, 0.717) is 10.9 Å². The molecular formula is C24H27F3N4O4S. The molecule has 3 amide bonds. The first-order valence-electron chi connectivity index (χ1n) is 11.0. The van der Waals surface area contributed by atoms with Crippen LogP contribution in [0.25, 0.3) is 0 Å². The van der Waals surface area contributed by atoms with Gasteiger partial charge in [0.1, 0.15) is 5.97 Å². The lowest BCUT2D eigenvalue weighted by Gasteiger charge is -2.22. The summed E-state index contributed by atoms with van der Waals surface area (Å²) in [6.07, 6.45) is -4.29. The highest BCUT2D eigenvalue weighted by molar-refractivity contribution is 8.15. The van der Waals surface area contributed by atoms with Crippen LogP contribution in [0.15, 0.2) is 47.5 Å². The summed E-state index contributed by atoms with van der Waals surface area (Å²) in [5.74, 6) is -2.55. The molecule has 0 atom stereocenters. The highest BCUT2D eigenvalue weighted by atomic mass is 32.2. The number of carbonyl (C=O) groups is 3. The highest BCUT2D eigenvalue weighted by Gasteiger charge is 2.32. The molecule has 1 aliphatic heterocycles. The van der Waals surface area contributed by atoms with Crippen LogP contribution in [0.2, 0.25) is 0 Å². The molecule has 1 fully saturated rings. The minimum Gasteiger partial charge on any atom is -0.542 e. The smallest absolute Gasteiger partial charge is 0.430 e. The summed E-state index contributed by atoms with van der Waals surface area (Å²) < 4.78 is 31.5. The van der Waals surface area contributed by atoms with Gasteiger partial charge in [0.25, 0.3) is 0 Å². The van der Waals surface area contributed by atoms with E-state index < -0.39 is 18.2 Å². The average molecular weight is 525 g/mol. The molecule has 0 saturated carbocycles. The van der Waals surface area contributed by atoms with E-state index in [1.807, 2.05) is 49.4 Å². The van der Waals surface area contributed by atoms with Gasteiger partial charge in [-0.1, -0.05) is 49.9 Å². The number of hydrogen-bond donors (Lipinski definition) is 2. The van der Waals surface area contributed by atoms with Crippen LogP contribution in [0.3, 0.4) is 0 Å². The number of thioether (sulfide) groups is 1.